The minimum atomic E-state index is 0.0651. The van der Waals surface area contributed by atoms with E-state index in [0.29, 0.717) is 0 Å². The minimum absolute atomic E-state index is 0.0651. The summed E-state index contributed by atoms with van der Waals surface area (Å²) in [6, 6.07) is 4.20. The van der Waals surface area contributed by atoms with Crippen LogP contribution in [0.3, 0.4) is 0 Å². The summed E-state index contributed by atoms with van der Waals surface area (Å²) in [7, 11) is 2.11. The Bertz CT molecular complexity index is 345. The van der Waals surface area contributed by atoms with Crippen molar-refractivity contribution in [1.29, 1.82) is 0 Å². The van der Waals surface area contributed by atoms with Crippen LogP contribution in [0.5, 0.6) is 0 Å². The molecule has 0 aliphatic heterocycles. The van der Waals surface area contributed by atoms with Gasteiger partial charge < -0.3 is 10.6 Å². The van der Waals surface area contributed by atoms with Crippen molar-refractivity contribution in [2.24, 2.45) is 17.6 Å². The van der Waals surface area contributed by atoms with Crippen LogP contribution in [-0.2, 0) is 0 Å². The Balaban J connectivity index is 1.97. The van der Waals surface area contributed by atoms with E-state index >= 15 is 0 Å². The minimum Gasteiger partial charge on any atom is -0.359 e. The molecule has 1 aliphatic carbocycles. The number of nitrogens with zero attached hydrogens (tertiary/aromatic N) is 2. The number of rotatable bonds is 4. The van der Waals surface area contributed by atoms with Gasteiger partial charge in [0.2, 0.25) is 0 Å². The molecule has 0 amide bonds. The van der Waals surface area contributed by atoms with E-state index in [9.17, 15) is 0 Å². The molecule has 1 aromatic rings. The smallest absolute Gasteiger partial charge is 0.128 e. The maximum Gasteiger partial charge on any atom is 0.128 e. The highest BCUT2D eigenvalue weighted by molar-refractivity contribution is 5.39. The Morgan fingerprint density at radius 2 is 2.25 bits per heavy atom. The largest absolute Gasteiger partial charge is 0.359 e. The number of nitrogens with two attached hydrogens (primary N) is 1. The quantitative estimate of drug-likeness (QED) is 0.844. The molecule has 16 heavy (non-hydrogen) atoms. The molecule has 88 valence electrons. The van der Waals surface area contributed by atoms with Crippen molar-refractivity contribution in [3.63, 3.8) is 0 Å². The van der Waals surface area contributed by atoms with E-state index in [2.05, 4.69) is 36.0 Å². The monoisotopic (exact) mass is 219 g/mol. The number of aromatic nitrogens is 1. The Kier molecular flexibility index (Phi) is 3.15. The zero-order chi connectivity index (χ0) is 11.7. The van der Waals surface area contributed by atoms with Crippen LogP contribution in [0.4, 0.5) is 5.82 Å². The van der Waals surface area contributed by atoms with Gasteiger partial charge in [-0.05, 0) is 36.8 Å². The molecular weight excluding hydrogens is 198 g/mol. The van der Waals surface area contributed by atoms with Crippen LogP contribution in [0.25, 0.3) is 0 Å². The van der Waals surface area contributed by atoms with Gasteiger partial charge in [0.1, 0.15) is 5.82 Å². The lowest BCUT2D eigenvalue weighted by Crippen LogP contribution is -2.21. The summed E-state index contributed by atoms with van der Waals surface area (Å²) in [5.74, 6) is 2.80. The van der Waals surface area contributed by atoms with Crippen molar-refractivity contribution in [2.45, 2.75) is 26.3 Å². The third kappa shape index (κ3) is 2.53. The van der Waals surface area contributed by atoms with Crippen molar-refractivity contribution < 1.29 is 0 Å². The van der Waals surface area contributed by atoms with Gasteiger partial charge in [-0.2, -0.15) is 0 Å². The number of hydrogen-bond donors (Lipinski definition) is 1. The lowest BCUT2D eigenvalue weighted by atomic mass is 10.1. The molecule has 1 saturated carbocycles. The molecule has 1 heterocycles. The predicted octanol–water partition coefficient (Wildman–Crippen LogP) is 2.19. The van der Waals surface area contributed by atoms with Gasteiger partial charge in [0, 0.05) is 25.8 Å². The second kappa shape index (κ2) is 4.42. The van der Waals surface area contributed by atoms with Gasteiger partial charge in [-0.3, -0.25) is 0 Å². The molecule has 1 aliphatic rings. The molecule has 3 nitrogen and oxygen atoms in total. The second-order valence-corrected chi connectivity index (χ2v) is 5.09. The van der Waals surface area contributed by atoms with Crippen LogP contribution >= 0.6 is 0 Å². The van der Waals surface area contributed by atoms with Crippen LogP contribution in [0.2, 0.25) is 0 Å². The number of pyridine rings is 1. The average Bonchev–Trinajstić information content (AvgIpc) is 2.94. The summed E-state index contributed by atoms with van der Waals surface area (Å²) < 4.78 is 0. The first-order valence-electron chi connectivity index (χ1n) is 6.00. The topological polar surface area (TPSA) is 42.1 Å². The summed E-state index contributed by atoms with van der Waals surface area (Å²) in [5, 5.41) is 0. The summed E-state index contributed by atoms with van der Waals surface area (Å²) in [5.41, 5.74) is 6.89. The van der Waals surface area contributed by atoms with E-state index in [1.54, 1.807) is 0 Å². The molecule has 3 heteroatoms. The van der Waals surface area contributed by atoms with E-state index < -0.39 is 0 Å². The van der Waals surface area contributed by atoms with Gasteiger partial charge in [-0.15, -0.1) is 0 Å². The van der Waals surface area contributed by atoms with Crippen LogP contribution in [-0.4, -0.2) is 18.6 Å². The maximum absolute atomic E-state index is 5.80. The van der Waals surface area contributed by atoms with Crippen molar-refractivity contribution in [2.75, 3.05) is 18.5 Å². The molecule has 1 fully saturated rings. The van der Waals surface area contributed by atoms with Gasteiger partial charge in [0.05, 0.1) is 0 Å². The Morgan fingerprint density at radius 1 is 1.56 bits per heavy atom. The average molecular weight is 219 g/mol. The molecule has 1 aromatic heterocycles. The molecule has 3 atom stereocenters. The van der Waals surface area contributed by atoms with E-state index in [0.717, 1.165) is 29.8 Å². The first kappa shape index (κ1) is 11.4. The zero-order valence-corrected chi connectivity index (χ0v) is 10.4. The van der Waals surface area contributed by atoms with Gasteiger partial charge in [-0.1, -0.05) is 13.0 Å². The molecule has 0 spiro atoms. The molecule has 0 radical (unpaired) electrons. The van der Waals surface area contributed by atoms with Crippen LogP contribution in [0.1, 0.15) is 31.9 Å². The Hall–Kier alpha value is -1.09. The highest BCUT2D eigenvalue weighted by Crippen LogP contribution is 2.38. The number of anilines is 1. The Morgan fingerprint density at radius 3 is 2.69 bits per heavy atom. The summed E-state index contributed by atoms with van der Waals surface area (Å²) in [6.07, 6.45) is 3.25. The van der Waals surface area contributed by atoms with Crippen LogP contribution in [0.15, 0.2) is 18.3 Å². The molecule has 0 bridgehead atoms. The fourth-order valence-electron chi connectivity index (χ4n) is 1.99. The van der Waals surface area contributed by atoms with Crippen molar-refractivity contribution in [3.8, 4) is 0 Å². The van der Waals surface area contributed by atoms with Crippen LogP contribution < -0.4 is 10.6 Å². The summed E-state index contributed by atoms with van der Waals surface area (Å²) in [4.78, 5) is 6.69. The normalized spacial score (nSPS) is 25.2. The molecule has 0 saturated heterocycles. The van der Waals surface area contributed by atoms with E-state index in [-0.39, 0.29) is 6.04 Å². The molecular formula is C13H21N3. The van der Waals surface area contributed by atoms with E-state index in [1.165, 1.54) is 6.42 Å². The third-order valence-electron chi connectivity index (χ3n) is 3.47. The van der Waals surface area contributed by atoms with E-state index in [1.807, 2.05) is 13.1 Å². The predicted molar refractivity (Wildman–Crippen MR) is 67.4 cm³/mol. The molecule has 2 unspecified atom stereocenters. The van der Waals surface area contributed by atoms with Crippen LogP contribution in [0, 0.1) is 11.8 Å². The standard InChI is InChI=1S/C13H21N3/c1-9-6-12(9)8-16(3)13-5-4-11(7-15-13)10(2)14/h4-5,7,9-10,12H,6,8,14H2,1-3H3/t9?,10-,12?/m1/s1. The Labute approximate surface area is 97.7 Å². The maximum atomic E-state index is 5.80. The first-order chi connectivity index (χ1) is 7.58. The van der Waals surface area contributed by atoms with Crippen molar-refractivity contribution >= 4 is 5.82 Å². The zero-order valence-electron chi connectivity index (χ0n) is 10.4. The van der Waals surface area contributed by atoms with Gasteiger partial charge in [0.15, 0.2) is 0 Å². The fraction of sp³-hybridized carbons (Fsp3) is 0.615. The molecule has 2 rings (SSSR count). The number of hydrogen-bond acceptors (Lipinski definition) is 3. The molecule has 0 aromatic carbocycles. The highest BCUT2D eigenvalue weighted by atomic mass is 15.2. The lowest BCUT2D eigenvalue weighted by molar-refractivity contribution is 0.718. The van der Waals surface area contributed by atoms with Gasteiger partial charge in [0.25, 0.3) is 0 Å². The fourth-order valence-corrected chi connectivity index (χ4v) is 1.99. The lowest BCUT2D eigenvalue weighted by Gasteiger charge is -2.18. The first-order valence-corrected chi connectivity index (χ1v) is 6.00. The SMILES string of the molecule is CC1CC1CN(C)c1ccc([C@@H](C)N)cn1. The third-order valence-corrected chi connectivity index (χ3v) is 3.47. The summed E-state index contributed by atoms with van der Waals surface area (Å²) in [6.45, 7) is 5.41. The van der Waals surface area contributed by atoms with Gasteiger partial charge >= 0.3 is 0 Å². The van der Waals surface area contributed by atoms with Crippen molar-refractivity contribution in [1.82, 2.24) is 4.98 Å². The second-order valence-electron chi connectivity index (χ2n) is 5.09. The molecule has 2 N–H and O–H groups in total. The highest BCUT2D eigenvalue weighted by Gasteiger charge is 2.33. The van der Waals surface area contributed by atoms with Gasteiger partial charge in [-0.25, -0.2) is 4.98 Å². The van der Waals surface area contributed by atoms with E-state index in [4.69, 9.17) is 5.73 Å². The van der Waals surface area contributed by atoms with Crippen molar-refractivity contribution in [3.05, 3.63) is 23.9 Å². The summed E-state index contributed by atoms with van der Waals surface area (Å²) >= 11 is 0.